The maximum atomic E-state index is 13.5. The quantitative estimate of drug-likeness (QED) is 0.403. The Kier molecular flexibility index (Phi) is 8.59. The van der Waals surface area contributed by atoms with Gasteiger partial charge in [0, 0.05) is 25.3 Å². The molecule has 2 amide bonds. The van der Waals surface area contributed by atoms with Crippen LogP contribution in [0.3, 0.4) is 0 Å². The summed E-state index contributed by atoms with van der Waals surface area (Å²) in [4.78, 5) is 32.2. The summed E-state index contributed by atoms with van der Waals surface area (Å²) in [6.45, 7) is 0.983. The van der Waals surface area contributed by atoms with Gasteiger partial charge in [0.1, 0.15) is 5.82 Å². The summed E-state index contributed by atoms with van der Waals surface area (Å²) in [5, 5.41) is 11.8. The molecule has 0 radical (unpaired) electrons. The molecule has 0 aromatic heterocycles. The number of likely N-dealkylation sites (tertiary alicyclic amines) is 1. The van der Waals surface area contributed by atoms with Gasteiger partial charge in [0.25, 0.3) is 15.9 Å². The molecule has 1 heterocycles. The van der Waals surface area contributed by atoms with Crippen molar-refractivity contribution in [1.29, 1.82) is 0 Å². The number of sulfonamides is 1. The van der Waals surface area contributed by atoms with Crippen LogP contribution in [-0.4, -0.2) is 56.5 Å². The van der Waals surface area contributed by atoms with Gasteiger partial charge in [-0.15, -0.1) is 0 Å². The lowest BCUT2D eigenvalue weighted by Gasteiger charge is -2.31. The number of carbonyl (C=O) groups excluding carboxylic acids is 2. The van der Waals surface area contributed by atoms with Crippen molar-refractivity contribution in [2.75, 3.05) is 30.7 Å². The summed E-state index contributed by atoms with van der Waals surface area (Å²) in [5.74, 6) is -0.920. The molecule has 200 valence electrons. The molecule has 0 saturated carbocycles. The number of aliphatic hydroxyl groups excluding tert-OH is 1. The summed E-state index contributed by atoms with van der Waals surface area (Å²) in [6.07, 6.45) is 1.44. The number of hydrogen-bond acceptors (Lipinski definition) is 6. The fraction of sp³-hybridized carbons (Fsp3) is 0.259. The van der Waals surface area contributed by atoms with Crippen LogP contribution in [0.5, 0.6) is 5.75 Å². The number of benzene rings is 3. The second kappa shape index (κ2) is 12.1. The van der Waals surface area contributed by atoms with Crippen molar-refractivity contribution in [2.45, 2.75) is 17.7 Å². The van der Waals surface area contributed by atoms with E-state index in [1.807, 2.05) is 0 Å². The molecule has 0 unspecified atom stereocenters. The summed E-state index contributed by atoms with van der Waals surface area (Å²) < 4.78 is 41.0. The number of hydrogen-bond donors (Lipinski definition) is 2. The van der Waals surface area contributed by atoms with E-state index < -0.39 is 21.7 Å². The van der Waals surface area contributed by atoms with E-state index in [9.17, 15) is 27.5 Å². The Morgan fingerprint density at radius 3 is 2.21 bits per heavy atom. The number of amides is 2. The van der Waals surface area contributed by atoms with Crippen LogP contribution < -0.4 is 14.6 Å². The Bertz CT molecular complexity index is 1340. The van der Waals surface area contributed by atoms with Crippen LogP contribution in [0, 0.1) is 11.7 Å². The maximum absolute atomic E-state index is 13.5. The maximum Gasteiger partial charge on any atom is 0.295 e. The predicted octanol–water partition coefficient (Wildman–Crippen LogP) is 2.98. The van der Waals surface area contributed by atoms with Crippen molar-refractivity contribution in [2.24, 2.45) is 5.92 Å². The first-order valence-electron chi connectivity index (χ1n) is 12.1. The van der Waals surface area contributed by atoms with Gasteiger partial charge in [0.15, 0.2) is 5.75 Å². The number of rotatable bonds is 9. The minimum Gasteiger partial charge on any atom is -0.396 e. The Hall–Kier alpha value is -3.96. The van der Waals surface area contributed by atoms with E-state index in [-0.39, 0.29) is 46.9 Å². The smallest absolute Gasteiger partial charge is 0.295 e. The van der Waals surface area contributed by atoms with E-state index in [0.29, 0.717) is 13.1 Å². The number of halogens is 1. The van der Waals surface area contributed by atoms with Gasteiger partial charge in [0.05, 0.1) is 17.1 Å². The number of carbonyl (C=O) groups is 2. The number of nitrogens with zero attached hydrogens (tertiary/aromatic N) is 2. The van der Waals surface area contributed by atoms with Gasteiger partial charge in [-0.2, -0.15) is 8.42 Å². The number of para-hydroxylation sites is 1. The molecule has 1 aliphatic heterocycles. The van der Waals surface area contributed by atoms with Gasteiger partial charge < -0.3 is 20.2 Å². The molecule has 9 nitrogen and oxygen atoms in total. The van der Waals surface area contributed by atoms with Crippen molar-refractivity contribution in [3.63, 3.8) is 0 Å². The van der Waals surface area contributed by atoms with Gasteiger partial charge in [-0.3, -0.25) is 9.59 Å². The molecule has 2 N–H and O–H groups in total. The number of piperidine rings is 1. The van der Waals surface area contributed by atoms with Gasteiger partial charge in [-0.1, -0.05) is 22.7 Å². The minimum atomic E-state index is -4.24. The lowest BCUT2D eigenvalue weighted by molar-refractivity contribution is -0.131. The third-order valence-electron chi connectivity index (χ3n) is 6.23. The molecule has 3 aromatic rings. The highest BCUT2D eigenvalue weighted by Gasteiger charge is 2.28. The second-order valence-corrected chi connectivity index (χ2v) is 10.6. The first-order valence-corrected chi connectivity index (χ1v) is 13.5. The van der Waals surface area contributed by atoms with Crippen molar-refractivity contribution >= 4 is 27.5 Å². The molecule has 0 bridgehead atoms. The van der Waals surface area contributed by atoms with Crippen LogP contribution >= 0.6 is 0 Å². The van der Waals surface area contributed by atoms with Crippen LogP contribution in [0.15, 0.2) is 83.8 Å². The third-order valence-corrected chi connectivity index (χ3v) is 7.82. The molecule has 38 heavy (non-hydrogen) atoms. The van der Waals surface area contributed by atoms with Crippen molar-refractivity contribution < 1.29 is 32.3 Å². The highest BCUT2D eigenvalue weighted by Crippen LogP contribution is 2.26. The van der Waals surface area contributed by atoms with Crippen molar-refractivity contribution in [3.05, 3.63) is 90.2 Å². The van der Waals surface area contributed by atoms with Crippen LogP contribution in [0.4, 0.5) is 10.1 Å². The summed E-state index contributed by atoms with van der Waals surface area (Å²) in [7, 11) is -4.24. The topological polar surface area (TPSA) is 116 Å². The molecule has 4 rings (SSSR count). The monoisotopic (exact) mass is 541 g/mol. The second-order valence-electron chi connectivity index (χ2n) is 8.83. The summed E-state index contributed by atoms with van der Waals surface area (Å²) in [6, 6.07) is 18.3. The van der Waals surface area contributed by atoms with E-state index >= 15 is 0 Å². The fourth-order valence-corrected chi connectivity index (χ4v) is 5.25. The predicted molar refractivity (Wildman–Crippen MR) is 138 cm³/mol. The Labute approximate surface area is 220 Å². The largest absolute Gasteiger partial charge is 0.396 e. The highest BCUT2D eigenvalue weighted by atomic mass is 32.2. The Morgan fingerprint density at radius 2 is 1.61 bits per heavy atom. The minimum absolute atomic E-state index is 0.103. The zero-order chi connectivity index (χ0) is 27.1. The van der Waals surface area contributed by atoms with E-state index in [4.69, 9.17) is 4.84 Å². The molecule has 1 fully saturated rings. The molecule has 1 saturated heterocycles. The van der Waals surface area contributed by atoms with Gasteiger partial charge in [0.2, 0.25) is 5.91 Å². The average molecular weight is 542 g/mol. The fourth-order valence-electron chi connectivity index (χ4n) is 3.99. The lowest BCUT2D eigenvalue weighted by Crippen LogP contribution is -2.44. The van der Waals surface area contributed by atoms with Crippen LogP contribution in [0.2, 0.25) is 0 Å². The zero-order valence-electron chi connectivity index (χ0n) is 20.5. The lowest BCUT2D eigenvalue weighted by atomic mass is 9.98. The first kappa shape index (κ1) is 27.1. The summed E-state index contributed by atoms with van der Waals surface area (Å²) >= 11 is 0. The molecule has 0 aliphatic carbocycles. The van der Waals surface area contributed by atoms with E-state index in [1.165, 1.54) is 36.4 Å². The zero-order valence-corrected chi connectivity index (χ0v) is 21.3. The van der Waals surface area contributed by atoms with E-state index in [1.54, 1.807) is 35.2 Å². The molecule has 1 aliphatic rings. The molecular weight excluding hydrogens is 513 g/mol. The van der Waals surface area contributed by atoms with Gasteiger partial charge >= 0.3 is 0 Å². The number of aliphatic hydroxyl groups is 1. The average Bonchev–Trinajstić information content (AvgIpc) is 2.95. The third kappa shape index (κ3) is 6.48. The van der Waals surface area contributed by atoms with Gasteiger partial charge in [-0.05, 0) is 79.4 Å². The standard InChI is InChI=1S/C27H28FN3O6S/c28-22-8-10-24(11-9-22)37-31(23-4-2-1-3-5-23)38(35,36)25-12-6-21(7-13-25)27(34)29-18-26(33)30-16-14-20(19-32)15-17-30/h1-13,20,32H,14-19H2,(H,29,34). The molecule has 11 heteroatoms. The molecule has 3 aromatic carbocycles. The normalized spacial score (nSPS) is 14.1. The van der Waals surface area contributed by atoms with Crippen LogP contribution in [0.1, 0.15) is 23.2 Å². The van der Waals surface area contributed by atoms with E-state index in [2.05, 4.69) is 5.32 Å². The van der Waals surface area contributed by atoms with Crippen LogP contribution in [0.25, 0.3) is 0 Å². The SMILES string of the molecule is O=C(NCC(=O)N1CCC(CO)CC1)c1ccc(S(=O)(=O)N(Oc2ccc(F)cc2)c2ccccc2)cc1. The van der Waals surface area contributed by atoms with Crippen molar-refractivity contribution in [3.8, 4) is 5.75 Å². The van der Waals surface area contributed by atoms with Crippen molar-refractivity contribution in [1.82, 2.24) is 10.2 Å². The van der Waals surface area contributed by atoms with E-state index in [0.717, 1.165) is 29.4 Å². The number of anilines is 1. The summed E-state index contributed by atoms with van der Waals surface area (Å²) in [5.41, 5.74) is 0.404. The Balaban J connectivity index is 1.45. The molecular formula is C27H28FN3O6S. The number of nitrogens with one attached hydrogen (secondary N) is 1. The van der Waals surface area contributed by atoms with Gasteiger partial charge in [-0.25, -0.2) is 4.39 Å². The Morgan fingerprint density at radius 1 is 0.974 bits per heavy atom. The molecule has 0 spiro atoms. The highest BCUT2D eigenvalue weighted by molar-refractivity contribution is 7.92. The first-order chi connectivity index (χ1) is 18.3. The molecule has 0 atom stereocenters. The van der Waals surface area contributed by atoms with Crippen LogP contribution in [-0.2, 0) is 14.8 Å².